The fraction of sp³-hybridized carbons (Fsp3) is 0.200. The second kappa shape index (κ2) is 10.4. The molecule has 0 atom stereocenters. The minimum Gasteiger partial charge on any atom is -0.504 e. The summed E-state index contributed by atoms with van der Waals surface area (Å²) in [5, 5.41) is 10.4. The summed E-state index contributed by atoms with van der Waals surface area (Å²) >= 11 is 0. The zero-order valence-electron chi connectivity index (χ0n) is 18.4. The van der Waals surface area contributed by atoms with Gasteiger partial charge in [0, 0.05) is 12.5 Å². The molecule has 0 amide bonds. The third kappa shape index (κ3) is 5.35. The minimum atomic E-state index is 0.128. The van der Waals surface area contributed by atoms with Gasteiger partial charge in [0.05, 0.1) is 38.3 Å². The Hall–Kier alpha value is -4.20. The lowest BCUT2D eigenvalue weighted by Crippen LogP contribution is -2.05. The Bertz CT molecular complexity index is 1210. The molecular formula is C25H24N2O6. The highest BCUT2D eigenvalue weighted by atomic mass is 16.5. The molecule has 1 aromatic heterocycles. The van der Waals surface area contributed by atoms with Crippen LogP contribution in [0.15, 0.2) is 67.0 Å². The largest absolute Gasteiger partial charge is 0.504 e. The Kier molecular flexibility index (Phi) is 6.94. The van der Waals surface area contributed by atoms with Crippen molar-refractivity contribution in [2.75, 3.05) is 27.4 Å². The summed E-state index contributed by atoms with van der Waals surface area (Å²) in [6, 6.07) is 17.7. The van der Waals surface area contributed by atoms with E-state index >= 15 is 0 Å². The molecule has 3 aromatic carbocycles. The number of phenols is 1. The van der Waals surface area contributed by atoms with Gasteiger partial charge in [0.1, 0.15) is 17.8 Å². The third-order valence-electron chi connectivity index (χ3n) is 4.82. The Labute approximate surface area is 191 Å². The summed E-state index contributed by atoms with van der Waals surface area (Å²) in [5.41, 5.74) is 0.684. The van der Waals surface area contributed by atoms with Crippen LogP contribution in [-0.4, -0.2) is 42.5 Å². The number of benzene rings is 3. The van der Waals surface area contributed by atoms with Crippen molar-refractivity contribution in [2.45, 2.75) is 6.42 Å². The molecule has 0 fully saturated rings. The summed E-state index contributed by atoms with van der Waals surface area (Å²) < 4.78 is 28.0. The lowest BCUT2D eigenvalue weighted by molar-refractivity contribution is 0.241. The fourth-order valence-electron chi connectivity index (χ4n) is 3.17. The van der Waals surface area contributed by atoms with Gasteiger partial charge in [-0.15, -0.1) is 0 Å². The molecule has 4 rings (SSSR count). The molecular weight excluding hydrogens is 424 g/mol. The predicted molar refractivity (Wildman–Crippen MR) is 123 cm³/mol. The van der Waals surface area contributed by atoms with Gasteiger partial charge in [-0.05, 0) is 42.5 Å². The van der Waals surface area contributed by atoms with E-state index in [0.717, 1.165) is 0 Å². The predicted octanol–water partition coefficient (Wildman–Crippen LogP) is 4.99. The lowest BCUT2D eigenvalue weighted by atomic mass is 10.2. The van der Waals surface area contributed by atoms with Crippen molar-refractivity contribution >= 4 is 10.9 Å². The van der Waals surface area contributed by atoms with Crippen molar-refractivity contribution in [1.29, 1.82) is 0 Å². The van der Waals surface area contributed by atoms with Gasteiger partial charge < -0.3 is 28.8 Å². The van der Waals surface area contributed by atoms with Crippen molar-refractivity contribution < 1.29 is 28.8 Å². The molecule has 1 N–H and O–H groups in total. The van der Waals surface area contributed by atoms with Gasteiger partial charge in [-0.3, -0.25) is 0 Å². The lowest BCUT2D eigenvalue weighted by Gasteiger charge is -2.12. The van der Waals surface area contributed by atoms with Gasteiger partial charge in [0.15, 0.2) is 23.0 Å². The van der Waals surface area contributed by atoms with Gasteiger partial charge in [-0.2, -0.15) is 0 Å². The number of nitrogens with zero attached hydrogens (tertiary/aromatic N) is 2. The van der Waals surface area contributed by atoms with Crippen molar-refractivity contribution in [3.8, 4) is 40.4 Å². The Morgan fingerprint density at radius 2 is 1.45 bits per heavy atom. The first kappa shape index (κ1) is 22.0. The van der Waals surface area contributed by atoms with Crippen LogP contribution in [0, 0.1) is 0 Å². The smallest absolute Gasteiger partial charge is 0.230 e. The van der Waals surface area contributed by atoms with Gasteiger partial charge in [-0.25, -0.2) is 9.97 Å². The van der Waals surface area contributed by atoms with E-state index in [2.05, 4.69) is 9.97 Å². The monoisotopic (exact) mass is 448 g/mol. The Balaban J connectivity index is 1.34. The first-order valence-electron chi connectivity index (χ1n) is 10.4. The molecule has 1 heterocycles. The molecule has 0 unspecified atom stereocenters. The van der Waals surface area contributed by atoms with Crippen LogP contribution in [0.2, 0.25) is 0 Å². The number of aromatic hydroxyl groups is 1. The molecule has 0 aliphatic carbocycles. The van der Waals surface area contributed by atoms with Crippen LogP contribution < -0.4 is 23.7 Å². The number of para-hydroxylation sites is 2. The summed E-state index contributed by atoms with van der Waals surface area (Å²) in [6.45, 7) is 0.916. The molecule has 0 spiro atoms. The summed E-state index contributed by atoms with van der Waals surface area (Å²) in [7, 11) is 3.15. The molecule has 4 aromatic rings. The minimum absolute atomic E-state index is 0.128. The summed E-state index contributed by atoms with van der Waals surface area (Å²) in [5.74, 6) is 3.48. The van der Waals surface area contributed by atoms with Crippen molar-refractivity contribution in [1.82, 2.24) is 9.97 Å². The average Bonchev–Trinajstić information content (AvgIpc) is 2.85. The maximum absolute atomic E-state index is 9.70. The first-order valence-corrected chi connectivity index (χ1v) is 10.4. The number of rotatable bonds is 10. The third-order valence-corrected chi connectivity index (χ3v) is 4.82. The van der Waals surface area contributed by atoms with Crippen LogP contribution in [-0.2, 0) is 0 Å². The topological polar surface area (TPSA) is 92.2 Å². The number of ether oxygens (including phenoxy) is 5. The van der Waals surface area contributed by atoms with Crippen LogP contribution in [0.1, 0.15) is 6.42 Å². The summed E-state index contributed by atoms with van der Waals surface area (Å²) in [4.78, 5) is 8.55. The van der Waals surface area contributed by atoms with Crippen LogP contribution in [0.25, 0.3) is 10.9 Å². The van der Waals surface area contributed by atoms with Crippen molar-refractivity contribution in [3.63, 3.8) is 0 Å². The summed E-state index contributed by atoms with van der Waals surface area (Å²) in [6.07, 6.45) is 2.11. The second-order valence-corrected chi connectivity index (χ2v) is 6.99. The number of hydrogen-bond acceptors (Lipinski definition) is 8. The van der Waals surface area contributed by atoms with E-state index in [-0.39, 0.29) is 5.75 Å². The van der Waals surface area contributed by atoms with Gasteiger partial charge in [0.2, 0.25) is 5.88 Å². The zero-order valence-corrected chi connectivity index (χ0v) is 18.4. The average molecular weight is 448 g/mol. The molecule has 8 heteroatoms. The molecule has 0 saturated heterocycles. The molecule has 0 radical (unpaired) electrons. The number of methoxy groups -OCH3 is 2. The van der Waals surface area contributed by atoms with Crippen LogP contribution in [0.3, 0.4) is 0 Å². The van der Waals surface area contributed by atoms with Crippen LogP contribution in [0.4, 0.5) is 0 Å². The Morgan fingerprint density at radius 1 is 0.758 bits per heavy atom. The normalized spacial score (nSPS) is 10.6. The number of fused-ring (bicyclic) bond motifs is 1. The van der Waals surface area contributed by atoms with E-state index < -0.39 is 0 Å². The fourth-order valence-corrected chi connectivity index (χ4v) is 3.17. The van der Waals surface area contributed by atoms with Gasteiger partial charge in [-0.1, -0.05) is 12.1 Å². The van der Waals surface area contributed by atoms with Crippen LogP contribution in [0.5, 0.6) is 40.4 Å². The molecule has 0 aliphatic rings. The maximum Gasteiger partial charge on any atom is 0.230 e. The van der Waals surface area contributed by atoms with Crippen molar-refractivity contribution in [3.05, 3.63) is 67.0 Å². The van der Waals surface area contributed by atoms with E-state index in [1.165, 1.54) is 6.33 Å². The van der Waals surface area contributed by atoms with Gasteiger partial charge >= 0.3 is 0 Å². The van der Waals surface area contributed by atoms with Crippen LogP contribution >= 0.6 is 0 Å². The highest BCUT2D eigenvalue weighted by molar-refractivity contribution is 5.87. The molecule has 170 valence electrons. The molecule has 0 saturated carbocycles. The zero-order chi connectivity index (χ0) is 23.0. The standard InChI is InChI=1S/C25H24N2O6/c1-29-23-14-19-20(15-24(23)30-2)26-16-27-25(19)33-18-10-8-17(9-11-18)31-12-5-13-32-22-7-4-3-6-21(22)28/h3-4,6-11,14-16,28H,5,12-13H2,1-2H3. The molecule has 8 nitrogen and oxygen atoms in total. The van der Waals surface area contributed by atoms with E-state index in [4.69, 9.17) is 23.7 Å². The number of aromatic nitrogens is 2. The second-order valence-electron chi connectivity index (χ2n) is 6.99. The SMILES string of the molecule is COc1cc2ncnc(Oc3ccc(OCCCOc4ccccc4O)cc3)c2cc1OC. The molecule has 0 aliphatic heterocycles. The first-order chi connectivity index (χ1) is 16.2. The molecule has 33 heavy (non-hydrogen) atoms. The number of phenolic OH excluding ortho intramolecular Hbond substituents is 1. The highest BCUT2D eigenvalue weighted by Gasteiger charge is 2.12. The van der Waals surface area contributed by atoms with Crippen molar-refractivity contribution in [2.24, 2.45) is 0 Å². The Morgan fingerprint density at radius 3 is 2.21 bits per heavy atom. The highest BCUT2D eigenvalue weighted by Crippen LogP contribution is 2.36. The van der Waals surface area contributed by atoms with E-state index in [9.17, 15) is 5.11 Å². The number of hydrogen-bond donors (Lipinski definition) is 1. The van der Waals surface area contributed by atoms with E-state index in [1.807, 2.05) is 30.3 Å². The quantitative estimate of drug-likeness (QED) is 0.339. The molecule has 0 bridgehead atoms. The van der Waals surface area contributed by atoms with Gasteiger partial charge in [0.25, 0.3) is 0 Å². The van der Waals surface area contributed by atoms with E-state index in [1.54, 1.807) is 44.6 Å². The van der Waals surface area contributed by atoms with E-state index in [0.29, 0.717) is 65.2 Å². The maximum atomic E-state index is 9.70.